The lowest BCUT2D eigenvalue weighted by atomic mass is 10.1. The number of carboxylic acids is 1. The predicted octanol–water partition coefficient (Wildman–Crippen LogP) is 2.74. The maximum atomic E-state index is 12.5. The van der Waals surface area contributed by atoms with E-state index in [1.807, 2.05) is 0 Å². The number of aliphatic carboxylic acids is 1. The molecule has 1 aromatic heterocycles. The molecule has 6 nitrogen and oxygen atoms in total. The van der Waals surface area contributed by atoms with Crippen molar-refractivity contribution >= 4 is 45.8 Å². The molecule has 0 saturated carbocycles. The fourth-order valence-corrected chi connectivity index (χ4v) is 3.21. The largest absolute Gasteiger partial charge is 0.497 e. The fraction of sp³-hybridized carbons (Fsp3) is 0.188. The number of amides is 1. The number of carbonyl (C=O) groups is 3. The summed E-state index contributed by atoms with van der Waals surface area (Å²) < 4.78 is 5.06. The Kier molecular flexibility index (Phi) is 6.39. The monoisotopic (exact) mass is 365 g/mol. The van der Waals surface area contributed by atoms with E-state index in [1.165, 1.54) is 11.3 Å². The molecule has 1 aromatic carbocycles. The average Bonchev–Trinajstić information content (AvgIpc) is 3.02. The first kappa shape index (κ1) is 18.0. The van der Waals surface area contributed by atoms with Gasteiger partial charge in [-0.15, -0.1) is 23.1 Å². The summed E-state index contributed by atoms with van der Waals surface area (Å²) in [4.78, 5) is 34.8. The van der Waals surface area contributed by atoms with Gasteiger partial charge in [0.05, 0.1) is 24.2 Å². The molecule has 0 unspecified atom stereocenters. The van der Waals surface area contributed by atoms with Crippen molar-refractivity contribution < 1.29 is 24.2 Å². The van der Waals surface area contributed by atoms with Crippen LogP contribution in [0.15, 0.2) is 35.7 Å². The number of rotatable bonds is 8. The third kappa shape index (κ3) is 4.84. The van der Waals surface area contributed by atoms with E-state index in [-0.39, 0.29) is 23.2 Å². The quantitative estimate of drug-likeness (QED) is 0.699. The molecular weight excluding hydrogens is 350 g/mol. The maximum absolute atomic E-state index is 12.5. The van der Waals surface area contributed by atoms with Crippen LogP contribution in [0.25, 0.3) is 0 Å². The highest BCUT2D eigenvalue weighted by Crippen LogP contribution is 2.26. The van der Waals surface area contributed by atoms with E-state index in [9.17, 15) is 14.4 Å². The number of ether oxygens (including phenoxy) is 1. The van der Waals surface area contributed by atoms with Crippen LogP contribution in [0, 0.1) is 0 Å². The van der Waals surface area contributed by atoms with Crippen LogP contribution in [-0.4, -0.2) is 41.4 Å². The van der Waals surface area contributed by atoms with E-state index in [0.717, 1.165) is 11.8 Å². The van der Waals surface area contributed by atoms with Crippen LogP contribution >= 0.6 is 23.1 Å². The van der Waals surface area contributed by atoms with Crippen molar-refractivity contribution in [3.05, 3.63) is 46.8 Å². The summed E-state index contributed by atoms with van der Waals surface area (Å²) >= 11 is 2.25. The minimum absolute atomic E-state index is 0.0143. The Hall–Kier alpha value is -2.32. The summed E-state index contributed by atoms with van der Waals surface area (Å²) in [5, 5.41) is 13.4. The second-order valence-corrected chi connectivity index (χ2v) is 6.56. The van der Waals surface area contributed by atoms with Gasteiger partial charge in [0.25, 0.3) is 0 Å². The Morgan fingerprint density at radius 3 is 2.50 bits per heavy atom. The lowest BCUT2D eigenvalue weighted by molar-refractivity contribution is -0.133. The summed E-state index contributed by atoms with van der Waals surface area (Å²) in [7, 11) is 1.55. The highest BCUT2D eigenvalue weighted by Gasteiger charge is 2.17. The number of hydrogen-bond donors (Lipinski definition) is 2. The van der Waals surface area contributed by atoms with E-state index in [2.05, 4.69) is 5.32 Å². The normalized spacial score (nSPS) is 10.2. The molecule has 1 heterocycles. The number of benzene rings is 1. The molecule has 1 amide bonds. The lowest BCUT2D eigenvalue weighted by Crippen LogP contribution is -2.16. The number of anilines is 1. The van der Waals surface area contributed by atoms with Gasteiger partial charge in [-0.05, 0) is 35.7 Å². The lowest BCUT2D eigenvalue weighted by Gasteiger charge is -2.06. The third-order valence-corrected chi connectivity index (χ3v) is 4.72. The van der Waals surface area contributed by atoms with Crippen molar-refractivity contribution in [3.8, 4) is 5.75 Å². The number of hydrogen-bond acceptors (Lipinski definition) is 6. The van der Waals surface area contributed by atoms with Crippen molar-refractivity contribution in [2.75, 3.05) is 23.9 Å². The van der Waals surface area contributed by atoms with Crippen LogP contribution in [0.4, 0.5) is 5.00 Å². The molecule has 2 aromatic rings. The first-order valence-electron chi connectivity index (χ1n) is 6.87. The molecule has 0 fully saturated rings. The van der Waals surface area contributed by atoms with Crippen molar-refractivity contribution in [1.29, 1.82) is 0 Å². The predicted molar refractivity (Wildman–Crippen MR) is 94.3 cm³/mol. The van der Waals surface area contributed by atoms with Crippen molar-refractivity contribution in [3.63, 3.8) is 0 Å². The molecular formula is C16H15NO5S2. The topological polar surface area (TPSA) is 92.7 Å². The highest BCUT2D eigenvalue weighted by molar-refractivity contribution is 8.00. The molecule has 0 atom stereocenters. The number of thiophene rings is 1. The Balaban J connectivity index is 2.04. The molecule has 2 N–H and O–H groups in total. The van der Waals surface area contributed by atoms with Crippen LogP contribution in [-0.2, 0) is 9.59 Å². The summed E-state index contributed by atoms with van der Waals surface area (Å²) in [5.41, 5.74) is 0.895. The highest BCUT2D eigenvalue weighted by atomic mass is 32.2. The van der Waals surface area contributed by atoms with Gasteiger partial charge in [-0.3, -0.25) is 14.4 Å². The van der Waals surface area contributed by atoms with Crippen LogP contribution in [0.5, 0.6) is 5.75 Å². The van der Waals surface area contributed by atoms with Gasteiger partial charge in [0, 0.05) is 5.56 Å². The number of ketones is 1. The smallest absolute Gasteiger partial charge is 0.313 e. The zero-order valence-electron chi connectivity index (χ0n) is 12.8. The summed E-state index contributed by atoms with van der Waals surface area (Å²) in [5.74, 6) is -0.990. The zero-order chi connectivity index (χ0) is 17.5. The van der Waals surface area contributed by atoms with Gasteiger partial charge in [-0.1, -0.05) is 0 Å². The molecule has 24 heavy (non-hydrogen) atoms. The number of methoxy groups -OCH3 is 1. The van der Waals surface area contributed by atoms with Gasteiger partial charge in [0.15, 0.2) is 5.78 Å². The zero-order valence-corrected chi connectivity index (χ0v) is 14.4. The fourth-order valence-electron chi connectivity index (χ4n) is 1.88. The number of thioether (sulfide) groups is 1. The molecule has 0 aliphatic heterocycles. The van der Waals surface area contributed by atoms with Crippen LogP contribution in [0.3, 0.4) is 0 Å². The van der Waals surface area contributed by atoms with Gasteiger partial charge in [0.1, 0.15) is 10.8 Å². The first-order valence-corrected chi connectivity index (χ1v) is 8.90. The second-order valence-electron chi connectivity index (χ2n) is 4.66. The molecule has 0 aliphatic carbocycles. The van der Waals surface area contributed by atoms with Gasteiger partial charge >= 0.3 is 5.97 Å². The minimum atomic E-state index is -0.973. The van der Waals surface area contributed by atoms with Gasteiger partial charge in [0.2, 0.25) is 5.91 Å². The van der Waals surface area contributed by atoms with Crippen LogP contribution in [0.1, 0.15) is 15.9 Å². The SMILES string of the molecule is COc1ccc(C(=O)c2ccsc2NC(=O)CSCC(=O)O)cc1. The van der Waals surface area contributed by atoms with E-state index >= 15 is 0 Å². The van der Waals surface area contributed by atoms with E-state index < -0.39 is 5.97 Å². The Labute approximate surface area is 146 Å². The molecule has 126 valence electrons. The standard InChI is InChI=1S/C16H15NO5S2/c1-22-11-4-2-10(3-5-11)15(21)12-6-7-24-16(12)17-13(18)8-23-9-14(19)20/h2-7H,8-9H2,1H3,(H,17,18)(H,19,20). The average molecular weight is 365 g/mol. The third-order valence-electron chi connectivity index (χ3n) is 2.97. The Morgan fingerprint density at radius 1 is 1.17 bits per heavy atom. The van der Waals surface area contributed by atoms with Gasteiger partial charge in [-0.25, -0.2) is 0 Å². The number of nitrogens with one attached hydrogen (secondary N) is 1. The molecule has 0 saturated heterocycles. The molecule has 0 aliphatic rings. The molecule has 0 bridgehead atoms. The van der Waals surface area contributed by atoms with E-state index in [0.29, 0.717) is 21.9 Å². The van der Waals surface area contributed by atoms with Crippen molar-refractivity contribution in [1.82, 2.24) is 0 Å². The van der Waals surface area contributed by atoms with Crippen LogP contribution < -0.4 is 10.1 Å². The summed E-state index contributed by atoms with van der Waals surface area (Å²) in [6, 6.07) is 8.36. The first-order chi connectivity index (χ1) is 11.5. The van der Waals surface area contributed by atoms with Gasteiger partial charge in [-0.2, -0.15) is 0 Å². The van der Waals surface area contributed by atoms with Crippen molar-refractivity contribution in [2.24, 2.45) is 0 Å². The number of carbonyl (C=O) groups excluding carboxylic acids is 2. The Bertz CT molecular complexity index is 739. The summed E-state index contributed by atoms with van der Waals surface area (Å²) in [6.07, 6.45) is 0. The summed E-state index contributed by atoms with van der Waals surface area (Å²) in [6.45, 7) is 0. The van der Waals surface area contributed by atoms with E-state index in [1.54, 1.807) is 42.8 Å². The molecule has 0 spiro atoms. The van der Waals surface area contributed by atoms with Crippen LogP contribution in [0.2, 0.25) is 0 Å². The molecule has 8 heteroatoms. The van der Waals surface area contributed by atoms with E-state index in [4.69, 9.17) is 9.84 Å². The second kappa shape index (κ2) is 8.51. The number of carboxylic acid groups (broad SMARTS) is 1. The van der Waals surface area contributed by atoms with Gasteiger partial charge < -0.3 is 15.2 Å². The van der Waals surface area contributed by atoms with Crippen molar-refractivity contribution in [2.45, 2.75) is 0 Å². The molecule has 2 rings (SSSR count). The molecule has 0 radical (unpaired) electrons. The maximum Gasteiger partial charge on any atom is 0.313 e. The Morgan fingerprint density at radius 2 is 1.88 bits per heavy atom. The minimum Gasteiger partial charge on any atom is -0.497 e.